The molecule has 1 unspecified atom stereocenters. The second kappa shape index (κ2) is 15.0. The molecule has 0 aromatic heterocycles. The molecule has 11 heteroatoms. The number of aliphatic carboxylic acids is 1. The Hall–Kier alpha value is -5.71. The van der Waals surface area contributed by atoms with Crippen molar-refractivity contribution in [1.29, 1.82) is 0 Å². The lowest BCUT2D eigenvalue weighted by Gasteiger charge is -2.37. The first kappa shape index (κ1) is 32.7. The van der Waals surface area contributed by atoms with Gasteiger partial charge in [-0.15, -0.1) is 0 Å². The van der Waals surface area contributed by atoms with Gasteiger partial charge in [-0.1, -0.05) is 42.5 Å². The average molecular weight is 639 g/mol. The Morgan fingerprint density at radius 1 is 0.851 bits per heavy atom. The van der Waals surface area contributed by atoms with Crippen LogP contribution in [-0.2, 0) is 16.0 Å². The molecule has 1 heterocycles. The SMILES string of the molecule is COc1ccc(CC(=O)Nc2cc(C(=O)NC(CC(=O)O)c3ccc(F)cc3)ccc2N2CCN(C(=O)c3ccccc3)CC2)cc1. The second-order valence-electron chi connectivity index (χ2n) is 11.1. The Bertz CT molecular complexity index is 1720. The number of nitrogens with one attached hydrogen (secondary N) is 2. The number of amides is 3. The van der Waals surface area contributed by atoms with Gasteiger partial charge >= 0.3 is 5.97 Å². The number of hydrogen-bond acceptors (Lipinski definition) is 6. The van der Waals surface area contributed by atoms with E-state index in [0.717, 1.165) is 5.56 Å². The van der Waals surface area contributed by atoms with Crippen LogP contribution in [0.4, 0.5) is 15.8 Å². The number of carbonyl (C=O) groups excluding carboxylic acids is 3. The average Bonchev–Trinajstić information content (AvgIpc) is 3.08. The second-order valence-corrected chi connectivity index (χ2v) is 11.1. The van der Waals surface area contributed by atoms with Crippen LogP contribution in [0.5, 0.6) is 5.75 Å². The lowest BCUT2D eigenvalue weighted by atomic mass is 10.0. The van der Waals surface area contributed by atoms with Crippen molar-refractivity contribution in [3.05, 3.63) is 125 Å². The molecular weight excluding hydrogens is 603 g/mol. The van der Waals surface area contributed by atoms with E-state index in [9.17, 15) is 28.7 Å². The van der Waals surface area contributed by atoms with E-state index in [1.165, 1.54) is 24.3 Å². The van der Waals surface area contributed by atoms with Crippen LogP contribution in [0, 0.1) is 5.82 Å². The summed E-state index contributed by atoms with van der Waals surface area (Å²) >= 11 is 0. The van der Waals surface area contributed by atoms with Gasteiger partial charge in [0.15, 0.2) is 0 Å². The summed E-state index contributed by atoms with van der Waals surface area (Å²) in [6, 6.07) is 25.5. The zero-order valence-corrected chi connectivity index (χ0v) is 25.8. The van der Waals surface area contributed by atoms with Crippen LogP contribution in [0.1, 0.15) is 44.3 Å². The highest BCUT2D eigenvalue weighted by Gasteiger charge is 2.25. The first-order valence-corrected chi connectivity index (χ1v) is 15.1. The predicted octanol–water partition coefficient (Wildman–Crippen LogP) is 4.92. The predicted molar refractivity (Wildman–Crippen MR) is 175 cm³/mol. The van der Waals surface area contributed by atoms with Gasteiger partial charge in [0, 0.05) is 37.3 Å². The Kier molecular flexibility index (Phi) is 10.5. The van der Waals surface area contributed by atoms with E-state index >= 15 is 0 Å². The number of ether oxygens (including phenoxy) is 1. The Morgan fingerprint density at radius 2 is 1.53 bits per heavy atom. The highest BCUT2D eigenvalue weighted by Crippen LogP contribution is 2.30. The molecule has 10 nitrogen and oxygen atoms in total. The van der Waals surface area contributed by atoms with Crippen molar-refractivity contribution in [2.24, 2.45) is 0 Å². The van der Waals surface area contributed by atoms with E-state index < -0.39 is 30.2 Å². The van der Waals surface area contributed by atoms with Gasteiger partial charge in [-0.3, -0.25) is 19.2 Å². The van der Waals surface area contributed by atoms with Crippen LogP contribution in [0.2, 0.25) is 0 Å². The van der Waals surface area contributed by atoms with Crippen LogP contribution in [0.15, 0.2) is 97.1 Å². The van der Waals surface area contributed by atoms with Gasteiger partial charge in [0.2, 0.25) is 5.91 Å². The Morgan fingerprint density at radius 3 is 2.17 bits per heavy atom. The fourth-order valence-electron chi connectivity index (χ4n) is 5.45. The molecule has 1 atom stereocenters. The number of anilines is 2. The topological polar surface area (TPSA) is 128 Å². The van der Waals surface area contributed by atoms with E-state index in [-0.39, 0.29) is 23.8 Å². The summed E-state index contributed by atoms with van der Waals surface area (Å²) in [5.41, 5.74) is 3.10. The van der Waals surface area contributed by atoms with Gasteiger partial charge < -0.3 is 30.3 Å². The standard InChI is InChI=1S/C36H35FN4O6/c1-47-29-14-7-24(8-15-29)21-33(42)38-31-22-27(35(45)39-30(23-34(43)44)25-9-12-28(37)13-10-25)11-16-32(31)40-17-19-41(20-18-40)36(46)26-5-3-2-4-6-26/h2-16,22,30H,17-21,23H2,1H3,(H,38,42)(H,39,45)(H,43,44). The Balaban J connectivity index is 1.37. The number of nitrogens with zero attached hydrogens (tertiary/aromatic N) is 2. The summed E-state index contributed by atoms with van der Waals surface area (Å²) in [5.74, 6) is -1.86. The molecule has 3 N–H and O–H groups in total. The van der Waals surface area contributed by atoms with Crippen LogP contribution in [0.3, 0.4) is 0 Å². The number of carbonyl (C=O) groups is 4. The van der Waals surface area contributed by atoms with E-state index in [1.807, 2.05) is 23.1 Å². The molecule has 0 spiro atoms. The monoisotopic (exact) mass is 638 g/mol. The fraction of sp³-hybridized carbons (Fsp3) is 0.222. The van der Waals surface area contributed by atoms with Crippen LogP contribution in [0.25, 0.3) is 0 Å². The lowest BCUT2D eigenvalue weighted by Crippen LogP contribution is -2.49. The molecule has 0 radical (unpaired) electrons. The van der Waals surface area contributed by atoms with Crippen molar-refractivity contribution < 1.29 is 33.4 Å². The quantitative estimate of drug-likeness (QED) is 0.213. The molecule has 1 saturated heterocycles. The highest BCUT2D eigenvalue weighted by molar-refractivity contribution is 6.01. The lowest BCUT2D eigenvalue weighted by molar-refractivity contribution is -0.137. The number of carboxylic acid groups (broad SMARTS) is 1. The summed E-state index contributed by atoms with van der Waals surface area (Å²) in [6.07, 6.45) is -0.336. The van der Waals surface area contributed by atoms with Crippen LogP contribution in [-0.4, -0.2) is 67.0 Å². The molecule has 4 aromatic rings. The normalized spacial score (nSPS) is 13.4. The number of benzene rings is 4. The molecule has 47 heavy (non-hydrogen) atoms. The number of halogens is 1. The molecule has 1 fully saturated rings. The maximum absolute atomic E-state index is 13.5. The minimum Gasteiger partial charge on any atom is -0.497 e. The molecule has 0 aliphatic carbocycles. The molecule has 1 aliphatic heterocycles. The highest BCUT2D eigenvalue weighted by atomic mass is 19.1. The fourth-order valence-corrected chi connectivity index (χ4v) is 5.45. The maximum Gasteiger partial charge on any atom is 0.305 e. The van der Waals surface area contributed by atoms with E-state index in [4.69, 9.17) is 4.74 Å². The van der Waals surface area contributed by atoms with E-state index in [2.05, 4.69) is 10.6 Å². The third-order valence-electron chi connectivity index (χ3n) is 7.94. The number of piperazine rings is 1. The van der Waals surface area contributed by atoms with E-state index in [1.54, 1.807) is 66.6 Å². The van der Waals surface area contributed by atoms with E-state index in [0.29, 0.717) is 54.4 Å². The van der Waals surface area contributed by atoms with Crippen molar-refractivity contribution in [3.63, 3.8) is 0 Å². The van der Waals surface area contributed by atoms with Crippen molar-refractivity contribution in [2.75, 3.05) is 43.5 Å². The summed E-state index contributed by atoms with van der Waals surface area (Å²) in [4.78, 5) is 55.1. The van der Waals surface area contributed by atoms with Crippen molar-refractivity contribution >= 4 is 35.1 Å². The molecule has 3 amide bonds. The number of rotatable bonds is 11. The summed E-state index contributed by atoms with van der Waals surface area (Å²) in [5, 5.41) is 15.2. The van der Waals surface area contributed by atoms with Crippen molar-refractivity contribution in [2.45, 2.75) is 18.9 Å². The number of carboxylic acids is 1. The molecule has 5 rings (SSSR count). The van der Waals surface area contributed by atoms with Crippen molar-refractivity contribution in [1.82, 2.24) is 10.2 Å². The van der Waals surface area contributed by atoms with Crippen molar-refractivity contribution in [3.8, 4) is 5.75 Å². The summed E-state index contributed by atoms with van der Waals surface area (Å²) < 4.78 is 18.7. The molecular formula is C36H35FN4O6. The molecule has 0 bridgehead atoms. The number of hydrogen-bond donors (Lipinski definition) is 3. The molecule has 4 aromatic carbocycles. The first-order chi connectivity index (χ1) is 22.7. The molecule has 0 saturated carbocycles. The van der Waals surface area contributed by atoms with Gasteiger partial charge in [0.05, 0.1) is 37.4 Å². The van der Waals surface area contributed by atoms with Gasteiger partial charge in [0.25, 0.3) is 11.8 Å². The minimum atomic E-state index is -1.13. The van der Waals surface area contributed by atoms with Crippen LogP contribution >= 0.6 is 0 Å². The molecule has 1 aliphatic rings. The molecule has 242 valence electrons. The third kappa shape index (κ3) is 8.51. The zero-order valence-electron chi connectivity index (χ0n) is 25.8. The minimum absolute atomic E-state index is 0.0534. The maximum atomic E-state index is 13.5. The zero-order chi connectivity index (χ0) is 33.3. The largest absolute Gasteiger partial charge is 0.497 e. The van der Waals surface area contributed by atoms with Gasteiger partial charge in [-0.25, -0.2) is 4.39 Å². The van der Waals surface area contributed by atoms with Crippen LogP contribution < -0.4 is 20.3 Å². The van der Waals surface area contributed by atoms with Gasteiger partial charge in [-0.05, 0) is 65.7 Å². The Labute approximate surface area is 271 Å². The first-order valence-electron chi connectivity index (χ1n) is 15.1. The van der Waals surface area contributed by atoms with Gasteiger partial charge in [-0.2, -0.15) is 0 Å². The number of methoxy groups -OCH3 is 1. The summed E-state index contributed by atoms with van der Waals surface area (Å²) in [6.45, 7) is 1.92. The summed E-state index contributed by atoms with van der Waals surface area (Å²) in [7, 11) is 1.56. The third-order valence-corrected chi connectivity index (χ3v) is 7.94. The van der Waals surface area contributed by atoms with Gasteiger partial charge in [0.1, 0.15) is 11.6 Å². The smallest absolute Gasteiger partial charge is 0.305 e.